The molecule has 2 rings (SSSR count). The summed E-state index contributed by atoms with van der Waals surface area (Å²) in [5.41, 5.74) is 0.745. The predicted molar refractivity (Wildman–Crippen MR) is 106 cm³/mol. The van der Waals surface area contributed by atoms with Gasteiger partial charge in [0, 0.05) is 6.54 Å². The molecule has 0 radical (unpaired) electrons. The second-order valence-corrected chi connectivity index (χ2v) is 8.52. The van der Waals surface area contributed by atoms with Gasteiger partial charge >= 0.3 is 0 Å². The third-order valence-corrected chi connectivity index (χ3v) is 6.56. The molecule has 0 bridgehead atoms. The Kier molecular flexibility index (Phi) is 9.01. The van der Waals surface area contributed by atoms with Crippen LogP contribution in [0.25, 0.3) is 0 Å². The predicted octanol–water partition coefficient (Wildman–Crippen LogP) is 5.92. The van der Waals surface area contributed by atoms with Gasteiger partial charge in [-0.1, -0.05) is 47.1 Å². The first-order valence-corrected chi connectivity index (χ1v) is 10.3. The van der Waals surface area contributed by atoms with Crippen molar-refractivity contribution < 1.29 is 4.74 Å². The van der Waals surface area contributed by atoms with Crippen molar-refractivity contribution >= 4 is 0 Å². The molecule has 1 aliphatic heterocycles. The Labute approximate surface area is 152 Å². The first-order valence-electron chi connectivity index (χ1n) is 10.3. The fourth-order valence-corrected chi connectivity index (χ4v) is 4.40. The van der Waals surface area contributed by atoms with Crippen LogP contribution < -0.4 is 0 Å². The smallest absolute Gasteiger partial charge is 0.0686 e. The van der Waals surface area contributed by atoms with Crippen molar-refractivity contribution in [2.45, 2.75) is 85.2 Å². The van der Waals surface area contributed by atoms with Crippen LogP contribution in [-0.2, 0) is 4.74 Å². The third kappa shape index (κ3) is 5.88. The van der Waals surface area contributed by atoms with Crippen molar-refractivity contribution in [2.24, 2.45) is 17.3 Å². The molecule has 0 amide bonds. The van der Waals surface area contributed by atoms with Gasteiger partial charge in [0.15, 0.2) is 0 Å². The minimum atomic E-state index is 0.238. The summed E-state index contributed by atoms with van der Waals surface area (Å²) in [6.45, 7) is 18.2. The average molecular weight is 338 g/mol. The van der Waals surface area contributed by atoms with Gasteiger partial charge in [0.25, 0.3) is 0 Å². The molecular weight excluding hydrogens is 294 g/mol. The fourth-order valence-electron chi connectivity index (χ4n) is 4.40. The van der Waals surface area contributed by atoms with E-state index in [4.69, 9.17) is 4.74 Å². The van der Waals surface area contributed by atoms with Crippen molar-refractivity contribution in [3.05, 3.63) is 12.7 Å². The molecule has 1 saturated heterocycles. The Hall–Kier alpha value is -0.340. The summed E-state index contributed by atoms with van der Waals surface area (Å²) in [6.07, 6.45) is 11.2. The van der Waals surface area contributed by atoms with E-state index in [0.29, 0.717) is 5.41 Å². The largest absolute Gasteiger partial charge is 0.375 e. The van der Waals surface area contributed by atoms with Crippen molar-refractivity contribution in [3.8, 4) is 0 Å². The van der Waals surface area contributed by atoms with Crippen molar-refractivity contribution in [1.82, 2.24) is 4.90 Å². The molecule has 2 heteroatoms. The van der Waals surface area contributed by atoms with Gasteiger partial charge in [-0.15, -0.1) is 6.58 Å². The van der Waals surface area contributed by atoms with Crippen molar-refractivity contribution in [2.75, 3.05) is 26.7 Å². The second kappa shape index (κ2) is 9.97. The maximum absolute atomic E-state index is 6.34. The lowest BCUT2D eigenvalue weighted by Crippen LogP contribution is -2.37. The Bertz CT molecular complexity index is 355. The normalized spacial score (nSPS) is 30.3. The molecule has 1 aliphatic carbocycles. The quantitative estimate of drug-likeness (QED) is 0.534. The first-order chi connectivity index (χ1) is 11.4. The molecular formula is C22H43NO. The highest BCUT2D eigenvalue weighted by atomic mass is 16.5. The van der Waals surface area contributed by atoms with Gasteiger partial charge in [0.2, 0.25) is 0 Å². The summed E-state index contributed by atoms with van der Waals surface area (Å²) in [5.74, 6) is 1.66. The Morgan fingerprint density at radius 3 is 2.42 bits per heavy atom. The molecule has 2 aliphatic rings. The molecule has 142 valence electrons. The Morgan fingerprint density at radius 2 is 1.88 bits per heavy atom. The molecule has 0 aromatic heterocycles. The standard InChI is InChI=1S/C20H37NO.C2H6/c1-6-13-21(5)14-10-17-15-20(22-16-17)11-8-18(9-12-20)19(3,4)7-2;1-2/h6,17-18H,1,7-16H2,2-5H3;1-2H3. The van der Waals surface area contributed by atoms with Gasteiger partial charge in [-0.25, -0.2) is 0 Å². The lowest BCUT2D eigenvalue weighted by atomic mass is 9.65. The van der Waals surface area contributed by atoms with E-state index in [1.165, 1.54) is 51.5 Å². The summed E-state index contributed by atoms with van der Waals surface area (Å²) in [4.78, 5) is 2.36. The molecule has 1 spiro atoms. The van der Waals surface area contributed by atoms with Crippen LogP contribution in [0.1, 0.15) is 79.6 Å². The van der Waals surface area contributed by atoms with E-state index in [2.05, 4.69) is 39.3 Å². The SMILES string of the molecule is C=CCN(C)CCC1COC2(CCC(C(C)(C)CC)CC2)C1.CC. The van der Waals surface area contributed by atoms with E-state index in [-0.39, 0.29) is 5.60 Å². The number of ether oxygens (including phenoxy) is 1. The Morgan fingerprint density at radius 1 is 1.25 bits per heavy atom. The molecule has 24 heavy (non-hydrogen) atoms. The summed E-state index contributed by atoms with van der Waals surface area (Å²) in [5, 5.41) is 0. The van der Waals surface area contributed by atoms with Gasteiger partial charge in [0.05, 0.1) is 12.2 Å². The van der Waals surface area contributed by atoms with Crippen LogP contribution in [0.5, 0.6) is 0 Å². The van der Waals surface area contributed by atoms with Gasteiger partial charge in [-0.2, -0.15) is 0 Å². The maximum atomic E-state index is 6.34. The van der Waals surface area contributed by atoms with Gasteiger partial charge in [-0.05, 0) is 69.4 Å². The molecule has 2 fully saturated rings. The summed E-state index contributed by atoms with van der Waals surface area (Å²) in [7, 11) is 2.19. The van der Waals surface area contributed by atoms with E-state index < -0.39 is 0 Å². The lowest BCUT2D eigenvalue weighted by Gasteiger charge is -2.43. The molecule has 1 saturated carbocycles. The van der Waals surface area contributed by atoms with Crippen molar-refractivity contribution in [1.29, 1.82) is 0 Å². The van der Waals surface area contributed by atoms with Crippen LogP contribution >= 0.6 is 0 Å². The minimum Gasteiger partial charge on any atom is -0.375 e. The monoisotopic (exact) mass is 337 g/mol. The van der Waals surface area contributed by atoms with Crippen molar-refractivity contribution in [3.63, 3.8) is 0 Å². The number of hydrogen-bond donors (Lipinski definition) is 0. The highest BCUT2D eigenvalue weighted by molar-refractivity contribution is 4.95. The van der Waals surface area contributed by atoms with Crippen LogP contribution in [0.2, 0.25) is 0 Å². The van der Waals surface area contributed by atoms with Crippen LogP contribution in [0.4, 0.5) is 0 Å². The zero-order valence-electron chi connectivity index (χ0n) is 17.4. The Balaban J connectivity index is 0.00000139. The molecule has 1 heterocycles. The summed E-state index contributed by atoms with van der Waals surface area (Å²) >= 11 is 0. The topological polar surface area (TPSA) is 12.5 Å². The van der Waals surface area contributed by atoms with E-state index in [9.17, 15) is 0 Å². The van der Waals surface area contributed by atoms with Gasteiger partial charge < -0.3 is 9.64 Å². The number of nitrogens with zero attached hydrogens (tertiary/aromatic N) is 1. The fraction of sp³-hybridized carbons (Fsp3) is 0.909. The summed E-state index contributed by atoms with van der Waals surface area (Å²) in [6, 6.07) is 0. The third-order valence-electron chi connectivity index (χ3n) is 6.56. The van der Waals surface area contributed by atoms with Crippen LogP contribution in [0.15, 0.2) is 12.7 Å². The zero-order chi connectivity index (χ0) is 18.2. The molecule has 2 nitrogen and oxygen atoms in total. The van der Waals surface area contributed by atoms with Crippen LogP contribution in [-0.4, -0.2) is 37.2 Å². The molecule has 0 N–H and O–H groups in total. The number of rotatable bonds is 7. The van der Waals surface area contributed by atoms with Gasteiger partial charge in [-0.3, -0.25) is 0 Å². The van der Waals surface area contributed by atoms with E-state index >= 15 is 0 Å². The molecule has 1 atom stereocenters. The van der Waals surface area contributed by atoms with E-state index in [1.807, 2.05) is 19.9 Å². The lowest BCUT2D eigenvalue weighted by molar-refractivity contribution is -0.0488. The molecule has 0 aromatic rings. The van der Waals surface area contributed by atoms with Crippen LogP contribution in [0.3, 0.4) is 0 Å². The second-order valence-electron chi connectivity index (χ2n) is 8.52. The zero-order valence-corrected chi connectivity index (χ0v) is 17.4. The number of likely N-dealkylation sites (N-methyl/N-ethyl adjacent to an activating group) is 1. The number of hydrogen-bond acceptors (Lipinski definition) is 2. The maximum Gasteiger partial charge on any atom is 0.0686 e. The molecule has 0 aromatic carbocycles. The highest BCUT2D eigenvalue weighted by Crippen LogP contribution is 2.49. The van der Waals surface area contributed by atoms with Crippen LogP contribution in [0, 0.1) is 17.3 Å². The average Bonchev–Trinajstić information content (AvgIpc) is 2.98. The minimum absolute atomic E-state index is 0.238. The molecule has 1 unspecified atom stereocenters. The highest BCUT2D eigenvalue weighted by Gasteiger charge is 2.44. The van der Waals surface area contributed by atoms with E-state index in [1.54, 1.807) is 0 Å². The first kappa shape index (κ1) is 21.7. The van der Waals surface area contributed by atoms with E-state index in [0.717, 1.165) is 25.0 Å². The summed E-state index contributed by atoms with van der Waals surface area (Å²) < 4.78 is 6.34. The van der Waals surface area contributed by atoms with Gasteiger partial charge in [0.1, 0.15) is 0 Å².